The molecule has 0 heterocycles. The van der Waals surface area contributed by atoms with E-state index in [-0.39, 0.29) is 18.0 Å². The van der Waals surface area contributed by atoms with Gasteiger partial charge in [-0.25, -0.2) is 0 Å². The number of ether oxygens (including phenoxy) is 3. The topological polar surface area (TPSA) is 48.0 Å². The molecule has 0 aliphatic heterocycles. The van der Waals surface area contributed by atoms with Crippen LogP contribution in [0.5, 0.6) is 0 Å². The van der Waals surface area contributed by atoms with E-state index < -0.39 is 5.60 Å². The predicted octanol–water partition coefficient (Wildman–Crippen LogP) is 1.66. The van der Waals surface area contributed by atoms with Crippen molar-refractivity contribution in [2.24, 2.45) is 0 Å². The van der Waals surface area contributed by atoms with Crippen LogP contribution in [0.2, 0.25) is 0 Å². The molecule has 0 fully saturated rings. The Morgan fingerprint density at radius 1 is 1.11 bits per heavy atom. The number of esters is 1. The van der Waals surface area contributed by atoms with E-state index in [2.05, 4.69) is 0 Å². The largest absolute Gasteiger partial charge is 0.449 e. The van der Waals surface area contributed by atoms with Crippen molar-refractivity contribution in [2.45, 2.75) is 45.3 Å². The van der Waals surface area contributed by atoms with Crippen LogP contribution in [0.1, 0.15) is 34.1 Å². The summed E-state index contributed by atoms with van der Waals surface area (Å²) >= 11 is 0. The quantitative estimate of drug-likeness (QED) is 0.491. The fraction of sp³-hybridized carbons (Fsp3) is 0.923. The second-order valence-electron chi connectivity index (χ2n) is 5.91. The van der Waals surface area contributed by atoms with Crippen molar-refractivity contribution in [3.8, 4) is 0 Å². The molecule has 5 heteroatoms. The van der Waals surface area contributed by atoms with Crippen molar-refractivity contribution in [2.75, 3.05) is 34.5 Å². The maximum atomic E-state index is 11.6. The molecule has 0 aromatic carbocycles. The van der Waals surface area contributed by atoms with Crippen molar-refractivity contribution >= 4 is 5.97 Å². The van der Waals surface area contributed by atoms with Crippen molar-refractivity contribution < 1.29 is 19.0 Å². The van der Waals surface area contributed by atoms with Crippen LogP contribution in [-0.2, 0) is 19.0 Å². The lowest BCUT2D eigenvalue weighted by atomic mass is 10.0. The highest BCUT2D eigenvalue weighted by Gasteiger charge is 2.27. The van der Waals surface area contributed by atoms with Gasteiger partial charge in [0.05, 0.1) is 24.2 Å². The zero-order valence-electron chi connectivity index (χ0n) is 12.7. The molecule has 0 spiro atoms. The average Bonchev–Trinajstić information content (AvgIpc) is 2.24. The van der Waals surface area contributed by atoms with Crippen molar-refractivity contribution in [1.29, 1.82) is 0 Å². The lowest BCUT2D eigenvalue weighted by molar-refractivity contribution is -0.158. The number of methoxy groups -OCH3 is 1. The molecule has 0 saturated heterocycles. The first-order valence-electron chi connectivity index (χ1n) is 6.07. The maximum absolute atomic E-state index is 11.6. The molecule has 0 rings (SSSR count). The fourth-order valence-electron chi connectivity index (χ4n) is 1.08. The molecule has 0 bridgehead atoms. The summed E-state index contributed by atoms with van der Waals surface area (Å²) in [5.74, 6) is -0.260. The molecule has 0 aromatic rings. The van der Waals surface area contributed by atoms with Crippen molar-refractivity contribution in [3.05, 3.63) is 0 Å². The van der Waals surface area contributed by atoms with Crippen LogP contribution < -0.4 is 0 Å². The van der Waals surface area contributed by atoms with E-state index in [9.17, 15) is 4.79 Å². The minimum atomic E-state index is -0.556. The van der Waals surface area contributed by atoms with E-state index in [4.69, 9.17) is 14.2 Å². The summed E-state index contributed by atoms with van der Waals surface area (Å²) < 4.78 is 16.1. The van der Waals surface area contributed by atoms with Crippen LogP contribution in [0.4, 0.5) is 0 Å². The molecule has 0 amide bonds. The highest BCUT2D eigenvalue weighted by molar-refractivity contribution is 5.70. The molecular formula is C13H27NO4. The summed E-state index contributed by atoms with van der Waals surface area (Å²) in [6, 6.07) is 0. The van der Waals surface area contributed by atoms with Crippen LogP contribution in [-0.4, -0.2) is 56.6 Å². The minimum Gasteiger partial charge on any atom is -0.449 e. The number of carbonyl (C=O) groups is 1. The Morgan fingerprint density at radius 2 is 1.67 bits per heavy atom. The van der Waals surface area contributed by atoms with Gasteiger partial charge in [-0.15, -0.1) is 0 Å². The molecule has 0 N–H and O–H groups in total. The van der Waals surface area contributed by atoms with Crippen LogP contribution in [0.25, 0.3) is 0 Å². The maximum Gasteiger partial charge on any atom is 0.310 e. The van der Waals surface area contributed by atoms with Gasteiger partial charge in [-0.2, -0.15) is 0 Å². The second kappa shape index (κ2) is 7.07. The van der Waals surface area contributed by atoms with Gasteiger partial charge in [0.2, 0.25) is 0 Å². The predicted molar refractivity (Wildman–Crippen MR) is 70.4 cm³/mol. The summed E-state index contributed by atoms with van der Waals surface area (Å²) in [6.45, 7) is 8.34. The van der Waals surface area contributed by atoms with E-state index in [0.29, 0.717) is 13.3 Å². The molecule has 0 unspecified atom stereocenters. The lowest BCUT2D eigenvalue weighted by Crippen LogP contribution is -2.37. The molecular weight excluding hydrogens is 234 g/mol. The summed E-state index contributed by atoms with van der Waals surface area (Å²) in [5, 5.41) is 0. The molecule has 0 aliphatic carbocycles. The van der Waals surface area contributed by atoms with Gasteiger partial charge in [-0.3, -0.25) is 9.69 Å². The number of rotatable bonds is 8. The molecule has 0 aromatic heterocycles. The van der Waals surface area contributed by atoms with Gasteiger partial charge >= 0.3 is 5.97 Å². The minimum absolute atomic E-state index is 0.223. The van der Waals surface area contributed by atoms with E-state index >= 15 is 0 Å². The van der Waals surface area contributed by atoms with E-state index in [1.807, 2.05) is 41.8 Å². The Labute approximate surface area is 110 Å². The molecule has 108 valence electrons. The van der Waals surface area contributed by atoms with E-state index in [1.165, 1.54) is 0 Å². The third-order valence-corrected chi connectivity index (χ3v) is 2.42. The van der Waals surface area contributed by atoms with Crippen molar-refractivity contribution in [3.63, 3.8) is 0 Å². The second-order valence-corrected chi connectivity index (χ2v) is 5.91. The van der Waals surface area contributed by atoms with Gasteiger partial charge in [-0.1, -0.05) is 0 Å². The van der Waals surface area contributed by atoms with Crippen LogP contribution in [0, 0.1) is 0 Å². The monoisotopic (exact) mass is 261 g/mol. The Morgan fingerprint density at radius 3 is 2.11 bits per heavy atom. The van der Waals surface area contributed by atoms with Crippen LogP contribution in [0.15, 0.2) is 0 Å². The summed E-state index contributed by atoms with van der Waals surface area (Å²) in [6.07, 6.45) is 0.223. The molecule has 18 heavy (non-hydrogen) atoms. The summed E-state index contributed by atoms with van der Waals surface area (Å²) in [5.41, 5.74) is -0.913. The molecule has 0 atom stereocenters. The van der Waals surface area contributed by atoms with Gasteiger partial charge in [-0.05, 0) is 41.8 Å². The number of nitrogens with zero attached hydrogens (tertiary/aromatic N) is 1. The Bertz CT molecular complexity index is 262. The molecule has 0 saturated carbocycles. The van der Waals surface area contributed by atoms with Crippen LogP contribution >= 0.6 is 0 Å². The van der Waals surface area contributed by atoms with Crippen LogP contribution in [0.3, 0.4) is 0 Å². The smallest absolute Gasteiger partial charge is 0.310 e. The Kier molecular flexibility index (Phi) is 6.81. The number of carbonyl (C=O) groups excluding carboxylic acids is 1. The first-order chi connectivity index (χ1) is 8.08. The number of hydrogen-bond donors (Lipinski definition) is 0. The highest BCUT2D eigenvalue weighted by Crippen LogP contribution is 2.19. The molecule has 0 aliphatic rings. The molecule has 0 radical (unpaired) electrons. The van der Waals surface area contributed by atoms with E-state index in [0.717, 1.165) is 0 Å². The first-order valence-corrected chi connectivity index (χ1v) is 6.07. The van der Waals surface area contributed by atoms with E-state index in [1.54, 1.807) is 12.0 Å². The third-order valence-electron chi connectivity index (χ3n) is 2.42. The standard InChI is InChI=1S/C13H27NO4/c1-12(2,18-9-13(3,4)16-7)8-11(15)17-10-14(5)6/h8-10H2,1-7H3. The molecule has 5 nitrogen and oxygen atoms in total. The first kappa shape index (κ1) is 17.4. The highest BCUT2D eigenvalue weighted by atomic mass is 16.6. The average molecular weight is 261 g/mol. The zero-order chi connectivity index (χ0) is 14.4. The Balaban J connectivity index is 4.10. The summed E-state index contributed by atoms with van der Waals surface area (Å²) in [4.78, 5) is 13.4. The summed E-state index contributed by atoms with van der Waals surface area (Å²) in [7, 11) is 5.33. The van der Waals surface area contributed by atoms with Gasteiger partial charge in [0.1, 0.15) is 6.73 Å². The fourth-order valence-corrected chi connectivity index (χ4v) is 1.08. The van der Waals surface area contributed by atoms with Gasteiger partial charge in [0.15, 0.2) is 0 Å². The normalized spacial score (nSPS) is 12.9. The SMILES string of the molecule is COC(C)(C)COC(C)(C)CC(=O)OCN(C)C. The zero-order valence-corrected chi connectivity index (χ0v) is 12.7. The van der Waals surface area contributed by atoms with Gasteiger partial charge < -0.3 is 14.2 Å². The Hall–Kier alpha value is -0.650. The lowest BCUT2D eigenvalue weighted by Gasteiger charge is -2.30. The van der Waals surface area contributed by atoms with Crippen molar-refractivity contribution in [1.82, 2.24) is 4.90 Å². The third kappa shape index (κ3) is 8.44. The van der Waals surface area contributed by atoms with Gasteiger partial charge in [0.25, 0.3) is 0 Å². The number of hydrogen-bond acceptors (Lipinski definition) is 5. The van der Waals surface area contributed by atoms with Gasteiger partial charge in [0, 0.05) is 7.11 Å².